The minimum absolute atomic E-state index is 0.385. The van der Waals surface area contributed by atoms with Gasteiger partial charge in [0.15, 0.2) is 0 Å². The Balaban J connectivity index is 0.000000236. The largest absolute Gasteiger partial charge is 0.490 e. The van der Waals surface area contributed by atoms with Crippen LogP contribution < -0.4 is 16.2 Å². The smallest absolute Gasteiger partial charge is 0.320 e. The third-order valence-corrected chi connectivity index (χ3v) is 9.58. The van der Waals surface area contributed by atoms with Crippen molar-refractivity contribution in [2.75, 3.05) is 13.2 Å². The monoisotopic (exact) mass is 790 g/mol. The number of allylic oxidation sites excluding steroid dienone is 1. The zero-order valence-electron chi connectivity index (χ0n) is 30.9. The van der Waals surface area contributed by atoms with Gasteiger partial charge in [-0.05, 0) is 84.0 Å². The van der Waals surface area contributed by atoms with Crippen LogP contribution in [0.3, 0.4) is 0 Å². The fourth-order valence-electron chi connectivity index (χ4n) is 5.80. The Kier molecular flexibility index (Phi) is 17.5. The fourth-order valence-corrected chi connectivity index (χ4v) is 5.98. The number of hydrogen-bond acceptors (Lipinski definition) is 10. The van der Waals surface area contributed by atoms with E-state index in [9.17, 15) is 30.0 Å². The van der Waals surface area contributed by atoms with Crippen LogP contribution in [0.15, 0.2) is 115 Å². The first kappa shape index (κ1) is 44.1. The number of aliphatic hydroxyl groups excluding tert-OH is 4. The van der Waals surface area contributed by atoms with E-state index in [0.29, 0.717) is 36.5 Å². The lowest BCUT2D eigenvalue weighted by Crippen LogP contribution is -2.55. The van der Waals surface area contributed by atoms with Crippen molar-refractivity contribution in [2.45, 2.75) is 74.7 Å². The highest BCUT2D eigenvalue weighted by atomic mass is 35.5. The Morgan fingerprint density at radius 2 is 1.32 bits per heavy atom. The van der Waals surface area contributed by atoms with Gasteiger partial charge in [0.2, 0.25) is 0 Å². The first-order chi connectivity index (χ1) is 26.9. The maximum Gasteiger partial charge on any atom is 0.320 e. The van der Waals surface area contributed by atoms with Crippen molar-refractivity contribution >= 4 is 23.5 Å². The molecular weight excluding hydrogens is 740 g/mol. The lowest BCUT2D eigenvalue weighted by molar-refractivity contribution is -0.231. The average Bonchev–Trinajstić information content (AvgIpc) is 4.03. The number of benzene rings is 4. The van der Waals surface area contributed by atoms with Crippen molar-refractivity contribution in [1.82, 2.24) is 0 Å². The van der Waals surface area contributed by atoms with Crippen LogP contribution in [0.1, 0.15) is 46.8 Å². The number of carboxylic acids is 2. The van der Waals surface area contributed by atoms with E-state index in [-0.39, 0.29) is 0 Å². The van der Waals surface area contributed by atoms with E-state index < -0.39 is 61.1 Å². The number of carboxylic acid groups (broad SMARTS) is 2. The molecule has 0 unspecified atom stereocenters. The second-order valence-electron chi connectivity index (χ2n) is 13.8. The molecule has 0 amide bonds. The van der Waals surface area contributed by atoms with Gasteiger partial charge in [-0.15, -0.1) is 0 Å². The van der Waals surface area contributed by atoms with E-state index in [1.807, 2.05) is 91.0 Å². The summed E-state index contributed by atoms with van der Waals surface area (Å²) < 4.78 is 11.4. The van der Waals surface area contributed by atoms with Crippen LogP contribution >= 0.6 is 11.6 Å². The van der Waals surface area contributed by atoms with Gasteiger partial charge in [0, 0.05) is 5.02 Å². The summed E-state index contributed by atoms with van der Waals surface area (Å²) in [5, 5.41) is 57.5. The molecule has 2 fully saturated rings. The molecule has 13 heteroatoms. The molecule has 0 bridgehead atoms. The number of nitrogens with two attached hydrogens (primary N) is 2. The Labute approximate surface area is 331 Å². The van der Waals surface area contributed by atoms with Gasteiger partial charge in [0.1, 0.15) is 55.0 Å². The molecule has 1 aliphatic carbocycles. The summed E-state index contributed by atoms with van der Waals surface area (Å²) in [5.74, 6) is -0.377. The predicted octanol–water partition coefficient (Wildman–Crippen LogP) is 4.07. The molecule has 10 N–H and O–H groups in total. The van der Waals surface area contributed by atoms with Gasteiger partial charge < -0.3 is 51.6 Å². The topological polar surface area (TPSA) is 226 Å². The molecule has 1 saturated heterocycles. The van der Waals surface area contributed by atoms with E-state index >= 15 is 0 Å². The molecule has 0 aromatic heterocycles. The van der Waals surface area contributed by atoms with Crippen LogP contribution in [-0.2, 0) is 33.6 Å². The van der Waals surface area contributed by atoms with Crippen LogP contribution in [-0.4, -0.2) is 92.3 Å². The summed E-state index contributed by atoms with van der Waals surface area (Å²) in [6.45, 7) is 0.0928. The van der Waals surface area contributed by atoms with Crippen molar-refractivity contribution in [3.63, 3.8) is 0 Å². The Morgan fingerprint density at radius 3 is 1.82 bits per heavy atom. The molecule has 1 heterocycles. The van der Waals surface area contributed by atoms with Gasteiger partial charge >= 0.3 is 11.9 Å². The molecule has 300 valence electrons. The predicted molar refractivity (Wildman–Crippen MR) is 212 cm³/mol. The maximum atomic E-state index is 10.4. The molecule has 1 saturated carbocycles. The molecule has 0 spiro atoms. The van der Waals surface area contributed by atoms with Crippen molar-refractivity contribution < 1.29 is 49.7 Å². The lowest BCUT2D eigenvalue weighted by atomic mass is 9.90. The second-order valence-corrected chi connectivity index (χ2v) is 14.2. The highest BCUT2D eigenvalue weighted by molar-refractivity contribution is 6.31. The van der Waals surface area contributed by atoms with Crippen LogP contribution in [0.25, 0.3) is 0 Å². The van der Waals surface area contributed by atoms with Crippen molar-refractivity contribution in [3.8, 4) is 5.75 Å². The summed E-state index contributed by atoms with van der Waals surface area (Å²) in [5.41, 5.74) is 15.1. The number of rotatable bonds is 14. The molecule has 2 aliphatic rings. The Morgan fingerprint density at radius 1 is 0.768 bits per heavy atom. The van der Waals surface area contributed by atoms with Gasteiger partial charge in [-0.1, -0.05) is 109 Å². The zero-order chi connectivity index (χ0) is 40.6. The molecule has 7 atom stereocenters. The van der Waals surface area contributed by atoms with Gasteiger partial charge in [-0.2, -0.15) is 0 Å². The van der Waals surface area contributed by atoms with Gasteiger partial charge in [0.25, 0.3) is 0 Å². The molecule has 4 aromatic carbocycles. The van der Waals surface area contributed by atoms with E-state index in [1.165, 1.54) is 12.8 Å². The highest BCUT2D eigenvalue weighted by Crippen LogP contribution is 2.34. The van der Waals surface area contributed by atoms with Crippen molar-refractivity contribution in [1.29, 1.82) is 0 Å². The zero-order valence-corrected chi connectivity index (χ0v) is 31.6. The normalized spacial score (nSPS) is 21.4. The first-order valence-electron chi connectivity index (χ1n) is 18.4. The lowest BCUT2D eigenvalue weighted by Gasteiger charge is -2.40. The van der Waals surface area contributed by atoms with Gasteiger partial charge in [0.05, 0.1) is 6.61 Å². The molecule has 6 rings (SSSR count). The Hall–Kier alpha value is -4.63. The van der Waals surface area contributed by atoms with Gasteiger partial charge in [-0.3, -0.25) is 9.59 Å². The summed E-state index contributed by atoms with van der Waals surface area (Å²) in [6, 6.07) is 30.2. The van der Waals surface area contributed by atoms with Crippen LogP contribution in [0.4, 0.5) is 0 Å². The molecular formula is C43H51ClN2O10. The summed E-state index contributed by atoms with van der Waals surface area (Å²) in [7, 11) is 0. The first-order valence-corrected chi connectivity index (χ1v) is 18.8. The van der Waals surface area contributed by atoms with Crippen LogP contribution in [0.2, 0.25) is 5.02 Å². The third kappa shape index (κ3) is 14.1. The van der Waals surface area contributed by atoms with Crippen molar-refractivity contribution in [3.05, 3.63) is 148 Å². The minimum atomic E-state index is -1.42. The number of aliphatic hydroxyl groups is 4. The number of carbonyl (C=O) groups is 2. The fraction of sp³-hybridized carbons (Fsp3) is 0.349. The molecule has 1 aliphatic heterocycles. The van der Waals surface area contributed by atoms with E-state index in [1.54, 1.807) is 12.1 Å². The SMILES string of the molecule is N[C@@H](Cc1ccccc1)C(=O)O.N[C@@H](Cc1ccccc1)C(=O)O.OC[C@H]1O[C@@H](c2ccc(Cl)c(Cc3ccc(OC/C=C/C4CC4)cc3)c2)[C@H](O)[C@@H](O)[C@@H]1O. The van der Waals surface area contributed by atoms with E-state index in [2.05, 4.69) is 12.2 Å². The summed E-state index contributed by atoms with van der Waals surface area (Å²) in [6.07, 6.45) is 2.20. The highest BCUT2D eigenvalue weighted by Gasteiger charge is 2.44. The summed E-state index contributed by atoms with van der Waals surface area (Å²) in [4.78, 5) is 20.8. The van der Waals surface area contributed by atoms with Gasteiger partial charge in [-0.25, -0.2) is 0 Å². The molecule has 12 nitrogen and oxygen atoms in total. The average molecular weight is 791 g/mol. The van der Waals surface area contributed by atoms with Crippen LogP contribution in [0.5, 0.6) is 5.75 Å². The molecule has 4 aromatic rings. The number of ether oxygens (including phenoxy) is 2. The summed E-state index contributed by atoms with van der Waals surface area (Å²) >= 11 is 6.41. The molecule has 56 heavy (non-hydrogen) atoms. The van der Waals surface area contributed by atoms with Crippen molar-refractivity contribution in [2.24, 2.45) is 17.4 Å². The van der Waals surface area contributed by atoms with E-state index in [0.717, 1.165) is 33.9 Å². The Bertz CT molecular complexity index is 1770. The third-order valence-electron chi connectivity index (χ3n) is 9.22. The maximum absolute atomic E-state index is 10.4. The van der Waals surface area contributed by atoms with Crippen LogP contribution in [0, 0.1) is 5.92 Å². The standard InChI is InChI=1S/C25H29ClO6.2C9H11NO2/c26-20-10-7-17(25-24(30)23(29)22(28)21(14-27)32-25)13-18(20)12-16-5-8-19(9-6-16)31-11-1-2-15-3-4-15;2*10-8(9(11)12)6-7-4-2-1-3-5-7/h1-2,5-10,13,15,21-25,27-30H,3-4,11-12,14H2;2*1-5,8H,6,10H2,(H,11,12)/b2-1+;;/t21-,22-,23+,24-,25+;2*8-/m100/s1. The second kappa shape index (κ2) is 22.2. The number of halogens is 1. The molecule has 0 radical (unpaired) electrons. The minimum Gasteiger partial charge on any atom is -0.490 e. The van der Waals surface area contributed by atoms with E-state index in [4.69, 9.17) is 42.8 Å². The quantitative estimate of drug-likeness (QED) is 0.0847. The number of hydrogen-bond donors (Lipinski definition) is 8. The number of aliphatic carboxylic acids is 2.